The van der Waals surface area contributed by atoms with Crippen LogP contribution in [0.4, 0.5) is 9.18 Å². The Bertz CT molecular complexity index is 595. The zero-order chi connectivity index (χ0) is 20.6. The summed E-state index contributed by atoms with van der Waals surface area (Å²) < 4.78 is 17.8. The van der Waals surface area contributed by atoms with Crippen LogP contribution in [0, 0.1) is 11.7 Å². The number of carboxylic acid groups (broad SMARTS) is 1. The molecule has 1 saturated heterocycles. The lowest BCUT2D eigenvalue weighted by Gasteiger charge is -2.26. The standard InChI is InChI=1S/C13H16FNO4.C7H15N/c1-13(2,3)19-12(18)15-10(11(16)17)8-4-6-9(14)7-5-8;1-7-3-5-8(2)6-4-7/h4-7,10H,1-3H3,(H,15,18)(H,16,17);7H,3-6H2,1-2H3. The first-order valence-electron chi connectivity index (χ1n) is 9.14. The van der Waals surface area contributed by atoms with Crippen molar-refractivity contribution in [1.29, 1.82) is 0 Å². The van der Waals surface area contributed by atoms with Crippen molar-refractivity contribution in [3.8, 4) is 0 Å². The Kier molecular flexibility index (Phi) is 8.69. The normalized spacial score (nSPS) is 16.7. The largest absolute Gasteiger partial charge is 0.479 e. The van der Waals surface area contributed by atoms with Gasteiger partial charge in [0.1, 0.15) is 11.4 Å². The number of benzene rings is 1. The number of nitrogens with one attached hydrogen (secondary N) is 1. The molecule has 27 heavy (non-hydrogen) atoms. The number of likely N-dealkylation sites (tertiary alicyclic amines) is 1. The van der Waals surface area contributed by atoms with Crippen molar-refractivity contribution in [3.63, 3.8) is 0 Å². The number of carbonyl (C=O) groups excluding carboxylic acids is 1. The SMILES string of the molecule is CC(C)(C)OC(=O)NC(C(=O)O)c1ccc(F)cc1.CC1CCN(C)CC1. The van der Waals surface area contributed by atoms with E-state index in [9.17, 15) is 14.0 Å². The Balaban J connectivity index is 0.000000377. The van der Waals surface area contributed by atoms with Gasteiger partial charge in [0.05, 0.1) is 0 Å². The zero-order valence-electron chi connectivity index (χ0n) is 16.8. The molecule has 1 aromatic carbocycles. The maximum Gasteiger partial charge on any atom is 0.408 e. The molecule has 7 heteroatoms. The first kappa shape index (κ1) is 22.9. The van der Waals surface area contributed by atoms with E-state index in [0.29, 0.717) is 0 Å². The molecule has 0 aromatic heterocycles. The van der Waals surface area contributed by atoms with Gasteiger partial charge in [0.25, 0.3) is 0 Å². The minimum absolute atomic E-state index is 0.264. The summed E-state index contributed by atoms with van der Waals surface area (Å²) in [5.41, 5.74) is -0.463. The highest BCUT2D eigenvalue weighted by molar-refractivity contribution is 5.81. The number of carbonyl (C=O) groups is 2. The van der Waals surface area contributed by atoms with Gasteiger partial charge < -0.3 is 20.1 Å². The van der Waals surface area contributed by atoms with Gasteiger partial charge >= 0.3 is 12.1 Å². The van der Waals surface area contributed by atoms with Crippen LogP contribution >= 0.6 is 0 Å². The molecule has 0 radical (unpaired) electrons. The highest BCUT2D eigenvalue weighted by Gasteiger charge is 2.25. The number of hydrogen-bond acceptors (Lipinski definition) is 4. The zero-order valence-corrected chi connectivity index (χ0v) is 16.8. The molecule has 1 heterocycles. The average Bonchev–Trinajstić information content (AvgIpc) is 2.55. The lowest BCUT2D eigenvalue weighted by Crippen LogP contribution is -2.38. The van der Waals surface area contributed by atoms with Crippen LogP contribution < -0.4 is 5.32 Å². The fourth-order valence-corrected chi connectivity index (χ4v) is 2.51. The van der Waals surface area contributed by atoms with E-state index >= 15 is 0 Å². The fraction of sp³-hybridized carbons (Fsp3) is 0.600. The van der Waals surface area contributed by atoms with Gasteiger partial charge in [-0.1, -0.05) is 19.1 Å². The minimum Gasteiger partial charge on any atom is -0.479 e. The van der Waals surface area contributed by atoms with Crippen LogP contribution in [-0.4, -0.2) is 47.8 Å². The third kappa shape index (κ3) is 9.38. The van der Waals surface area contributed by atoms with Gasteiger partial charge in [-0.25, -0.2) is 14.0 Å². The highest BCUT2D eigenvalue weighted by Crippen LogP contribution is 2.16. The lowest BCUT2D eigenvalue weighted by atomic mass is 10.00. The molecule has 1 amide bonds. The fourth-order valence-electron chi connectivity index (χ4n) is 2.51. The van der Waals surface area contributed by atoms with Crippen molar-refractivity contribution in [2.24, 2.45) is 5.92 Å². The second-order valence-corrected chi connectivity index (χ2v) is 7.95. The average molecular weight is 382 g/mol. The van der Waals surface area contributed by atoms with Gasteiger partial charge in [-0.2, -0.15) is 0 Å². The van der Waals surface area contributed by atoms with Crippen LogP contribution in [0.25, 0.3) is 0 Å². The third-order valence-corrected chi connectivity index (χ3v) is 4.12. The lowest BCUT2D eigenvalue weighted by molar-refractivity contribution is -0.139. The Labute approximate surface area is 160 Å². The van der Waals surface area contributed by atoms with Crippen LogP contribution in [0.5, 0.6) is 0 Å². The Hall–Kier alpha value is -2.15. The van der Waals surface area contributed by atoms with E-state index in [1.54, 1.807) is 20.8 Å². The quantitative estimate of drug-likeness (QED) is 0.831. The number of carboxylic acids is 1. The molecule has 152 valence electrons. The molecule has 1 aliphatic heterocycles. The van der Waals surface area contributed by atoms with Crippen LogP contribution in [0.1, 0.15) is 52.1 Å². The van der Waals surface area contributed by atoms with Gasteiger partial charge in [0.2, 0.25) is 0 Å². The summed E-state index contributed by atoms with van der Waals surface area (Å²) in [6.07, 6.45) is 1.96. The molecule has 0 bridgehead atoms. The van der Waals surface area contributed by atoms with E-state index in [2.05, 4.69) is 24.2 Å². The number of hydrogen-bond donors (Lipinski definition) is 2. The summed E-state index contributed by atoms with van der Waals surface area (Å²) in [5, 5.41) is 11.3. The van der Waals surface area contributed by atoms with E-state index in [-0.39, 0.29) is 5.56 Å². The van der Waals surface area contributed by atoms with E-state index < -0.39 is 29.5 Å². The number of piperidine rings is 1. The third-order valence-electron chi connectivity index (χ3n) is 4.12. The Morgan fingerprint density at radius 3 is 2.15 bits per heavy atom. The van der Waals surface area contributed by atoms with Crippen LogP contribution in [0.15, 0.2) is 24.3 Å². The van der Waals surface area contributed by atoms with Crippen molar-refractivity contribution in [2.45, 2.75) is 52.2 Å². The molecule has 1 atom stereocenters. The molecule has 2 N–H and O–H groups in total. The van der Waals surface area contributed by atoms with Crippen molar-refractivity contribution >= 4 is 12.1 Å². The van der Waals surface area contributed by atoms with Crippen molar-refractivity contribution < 1.29 is 23.8 Å². The second-order valence-electron chi connectivity index (χ2n) is 7.95. The molecule has 1 fully saturated rings. The smallest absolute Gasteiger partial charge is 0.408 e. The predicted molar refractivity (Wildman–Crippen MR) is 102 cm³/mol. The minimum atomic E-state index is -1.28. The van der Waals surface area contributed by atoms with Gasteiger partial charge in [0, 0.05) is 0 Å². The molecule has 1 unspecified atom stereocenters. The topological polar surface area (TPSA) is 78.9 Å². The summed E-state index contributed by atoms with van der Waals surface area (Å²) in [7, 11) is 2.20. The predicted octanol–water partition coefficient (Wildman–Crippen LogP) is 3.82. The molecule has 1 aromatic rings. The maximum atomic E-state index is 12.8. The van der Waals surface area contributed by atoms with Crippen molar-refractivity contribution in [1.82, 2.24) is 10.2 Å². The van der Waals surface area contributed by atoms with E-state index in [1.165, 1.54) is 38.1 Å². The number of halogens is 1. The molecular weight excluding hydrogens is 351 g/mol. The number of alkyl carbamates (subject to hydrolysis) is 1. The van der Waals surface area contributed by atoms with Gasteiger partial charge in [-0.15, -0.1) is 0 Å². The molecule has 1 aliphatic rings. The number of ether oxygens (including phenoxy) is 1. The summed E-state index contributed by atoms with van der Waals surface area (Å²) in [6.45, 7) is 9.95. The summed E-state index contributed by atoms with van der Waals surface area (Å²) >= 11 is 0. The van der Waals surface area contributed by atoms with Gasteiger partial charge in [0.15, 0.2) is 6.04 Å². The van der Waals surface area contributed by atoms with Crippen LogP contribution in [-0.2, 0) is 9.53 Å². The first-order valence-corrected chi connectivity index (χ1v) is 9.14. The van der Waals surface area contributed by atoms with Gasteiger partial charge in [-0.05, 0) is 77.4 Å². The van der Waals surface area contributed by atoms with Crippen LogP contribution in [0.3, 0.4) is 0 Å². The number of rotatable bonds is 3. The van der Waals surface area contributed by atoms with E-state index in [1.807, 2.05) is 0 Å². The summed E-state index contributed by atoms with van der Waals surface area (Å²) in [6, 6.07) is 3.57. The van der Waals surface area contributed by atoms with Crippen molar-refractivity contribution in [2.75, 3.05) is 20.1 Å². The molecule has 2 rings (SSSR count). The highest BCUT2D eigenvalue weighted by atomic mass is 19.1. The van der Waals surface area contributed by atoms with Crippen molar-refractivity contribution in [3.05, 3.63) is 35.6 Å². The molecule has 0 aliphatic carbocycles. The number of amides is 1. The Morgan fingerprint density at radius 1 is 1.22 bits per heavy atom. The van der Waals surface area contributed by atoms with E-state index in [4.69, 9.17) is 9.84 Å². The second kappa shape index (κ2) is 10.3. The Morgan fingerprint density at radius 2 is 1.74 bits per heavy atom. The number of aliphatic carboxylic acids is 1. The molecular formula is C20H31FN2O4. The summed E-state index contributed by atoms with van der Waals surface area (Å²) in [4.78, 5) is 25.1. The maximum absolute atomic E-state index is 12.8. The number of nitrogens with zero attached hydrogens (tertiary/aromatic N) is 1. The molecule has 0 saturated carbocycles. The van der Waals surface area contributed by atoms with E-state index in [0.717, 1.165) is 18.1 Å². The molecule has 0 spiro atoms. The monoisotopic (exact) mass is 382 g/mol. The molecule has 6 nitrogen and oxygen atoms in total. The first-order chi connectivity index (χ1) is 12.5. The summed E-state index contributed by atoms with van der Waals surface area (Å²) in [5.74, 6) is -0.756. The van der Waals surface area contributed by atoms with Crippen LogP contribution in [0.2, 0.25) is 0 Å². The van der Waals surface area contributed by atoms with Gasteiger partial charge in [-0.3, -0.25) is 0 Å².